The number of methoxy groups -OCH3 is 1. The molecule has 0 aliphatic carbocycles. The van der Waals surface area contributed by atoms with Crippen LogP contribution in [0.3, 0.4) is 0 Å². The van der Waals surface area contributed by atoms with E-state index >= 15 is 0 Å². The van der Waals surface area contributed by atoms with Crippen LogP contribution in [0.25, 0.3) is 0 Å². The maximum Gasteiger partial charge on any atom is 0.160 e. The molecule has 1 aromatic rings. The average Bonchev–Trinajstić information content (AvgIpc) is 2.36. The predicted molar refractivity (Wildman–Crippen MR) is 69.4 cm³/mol. The predicted octanol–water partition coefficient (Wildman–Crippen LogP) is 1.79. The van der Waals surface area contributed by atoms with Crippen LogP contribution in [0.2, 0.25) is 0 Å². The standard InChI is InChI=1S/C14H17FN2O2/c1-17(10-13(18)5-7-16)8-6-11-9-12(15)3-4-14(11)19-2/h3-4,9H,5-6,8,10H2,1-2H3. The number of nitrogens with zero attached hydrogens (tertiary/aromatic N) is 2. The van der Waals surface area contributed by atoms with Crippen molar-refractivity contribution in [1.29, 1.82) is 5.26 Å². The number of hydrogen-bond donors (Lipinski definition) is 0. The third-order valence-corrected chi connectivity index (χ3v) is 2.73. The zero-order chi connectivity index (χ0) is 14.3. The Morgan fingerprint density at radius 2 is 2.26 bits per heavy atom. The van der Waals surface area contributed by atoms with Crippen LogP contribution in [0.5, 0.6) is 5.75 Å². The van der Waals surface area contributed by atoms with Gasteiger partial charge in [-0.05, 0) is 37.2 Å². The first kappa shape index (κ1) is 15.1. The van der Waals surface area contributed by atoms with Gasteiger partial charge in [-0.3, -0.25) is 9.69 Å². The van der Waals surface area contributed by atoms with Crippen molar-refractivity contribution in [2.24, 2.45) is 0 Å². The van der Waals surface area contributed by atoms with Gasteiger partial charge in [0.1, 0.15) is 11.6 Å². The van der Waals surface area contributed by atoms with Crippen LogP contribution in [-0.2, 0) is 11.2 Å². The zero-order valence-corrected chi connectivity index (χ0v) is 11.1. The normalized spacial score (nSPS) is 10.3. The Kier molecular flexibility index (Phi) is 5.97. The van der Waals surface area contributed by atoms with Gasteiger partial charge in [0.05, 0.1) is 26.1 Å². The summed E-state index contributed by atoms with van der Waals surface area (Å²) in [6.45, 7) is 0.822. The molecule has 0 N–H and O–H groups in total. The third-order valence-electron chi connectivity index (χ3n) is 2.73. The quantitative estimate of drug-likeness (QED) is 0.753. The van der Waals surface area contributed by atoms with Gasteiger partial charge in [-0.2, -0.15) is 5.26 Å². The van der Waals surface area contributed by atoms with E-state index in [4.69, 9.17) is 10.00 Å². The molecule has 1 aromatic carbocycles. The molecule has 0 spiro atoms. The molecule has 0 saturated carbocycles. The number of benzene rings is 1. The lowest BCUT2D eigenvalue weighted by molar-refractivity contribution is -0.118. The number of carbonyl (C=O) groups is 1. The van der Waals surface area contributed by atoms with Gasteiger partial charge >= 0.3 is 0 Å². The Morgan fingerprint density at radius 1 is 1.53 bits per heavy atom. The Balaban J connectivity index is 2.54. The topological polar surface area (TPSA) is 53.3 Å². The summed E-state index contributed by atoms with van der Waals surface area (Å²) < 4.78 is 18.3. The van der Waals surface area contributed by atoms with Gasteiger partial charge in [-0.1, -0.05) is 0 Å². The molecule has 4 nitrogen and oxygen atoms in total. The summed E-state index contributed by atoms with van der Waals surface area (Å²) in [5.74, 6) is 0.216. The fourth-order valence-corrected chi connectivity index (χ4v) is 1.78. The first-order chi connectivity index (χ1) is 9.06. The Bertz CT molecular complexity index is 483. The van der Waals surface area contributed by atoms with E-state index in [1.165, 1.54) is 19.2 Å². The molecule has 0 unspecified atom stereocenters. The van der Waals surface area contributed by atoms with Gasteiger partial charge in [-0.15, -0.1) is 0 Å². The van der Waals surface area contributed by atoms with Gasteiger partial charge in [0.15, 0.2) is 5.78 Å². The van der Waals surface area contributed by atoms with Crippen LogP contribution in [0.4, 0.5) is 4.39 Å². The fraction of sp³-hybridized carbons (Fsp3) is 0.429. The van der Waals surface area contributed by atoms with Gasteiger partial charge < -0.3 is 4.74 Å². The number of Topliss-reactive ketones (excluding diaryl/α,β-unsaturated/α-hetero) is 1. The minimum absolute atomic E-state index is 0.0758. The Labute approximate surface area is 112 Å². The van der Waals surface area contributed by atoms with Crippen LogP contribution in [-0.4, -0.2) is 37.9 Å². The number of likely N-dealkylation sites (N-methyl/N-ethyl adjacent to an activating group) is 1. The van der Waals surface area contributed by atoms with Crippen molar-refractivity contribution in [3.8, 4) is 11.8 Å². The number of rotatable bonds is 7. The van der Waals surface area contributed by atoms with Crippen LogP contribution < -0.4 is 4.74 Å². The summed E-state index contributed by atoms with van der Waals surface area (Å²) in [6, 6.07) is 6.20. The molecule has 0 aromatic heterocycles. The second-order valence-corrected chi connectivity index (χ2v) is 4.32. The molecule has 102 valence electrons. The van der Waals surface area contributed by atoms with Gasteiger partial charge in [0.2, 0.25) is 0 Å². The summed E-state index contributed by atoms with van der Waals surface area (Å²) in [5, 5.41) is 8.41. The molecule has 0 saturated heterocycles. The lowest BCUT2D eigenvalue weighted by atomic mass is 10.1. The molecule has 0 aliphatic rings. The highest BCUT2D eigenvalue weighted by atomic mass is 19.1. The van der Waals surface area contributed by atoms with Crippen molar-refractivity contribution in [3.63, 3.8) is 0 Å². The maximum atomic E-state index is 13.2. The van der Waals surface area contributed by atoms with E-state index in [9.17, 15) is 9.18 Å². The van der Waals surface area contributed by atoms with E-state index in [1.54, 1.807) is 13.1 Å². The van der Waals surface area contributed by atoms with Gasteiger partial charge in [-0.25, -0.2) is 4.39 Å². The van der Waals surface area contributed by atoms with Crippen molar-refractivity contribution in [2.45, 2.75) is 12.8 Å². The maximum absolute atomic E-state index is 13.2. The monoisotopic (exact) mass is 264 g/mol. The minimum atomic E-state index is -0.306. The van der Waals surface area contributed by atoms with Gasteiger partial charge in [0.25, 0.3) is 0 Å². The summed E-state index contributed by atoms with van der Waals surface area (Å²) >= 11 is 0. The van der Waals surface area contributed by atoms with Crippen LogP contribution in [0.15, 0.2) is 18.2 Å². The highest BCUT2D eigenvalue weighted by Crippen LogP contribution is 2.19. The average molecular weight is 264 g/mol. The molecule has 0 aliphatic heterocycles. The number of ketones is 1. The van der Waals surface area contributed by atoms with Crippen molar-refractivity contribution < 1.29 is 13.9 Å². The molecule has 0 radical (unpaired) electrons. The lowest BCUT2D eigenvalue weighted by Gasteiger charge is -2.16. The molecule has 5 heteroatoms. The summed E-state index contributed by atoms with van der Waals surface area (Å²) in [4.78, 5) is 13.1. The van der Waals surface area contributed by atoms with Gasteiger partial charge in [0, 0.05) is 6.54 Å². The van der Waals surface area contributed by atoms with E-state index in [0.29, 0.717) is 18.7 Å². The number of nitriles is 1. The van der Waals surface area contributed by atoms with E-state index in [-0.39, 0.29) is 24.6 Å². The Morgan fingerprint density at radius 3 is 2.89 bits per heavy atom. The second kappa shape index (κ2) is 7.49. The van der Waals surface area contributed by atoms with Crippen LogP contribution in [0.1, 0.15) is 12.0 Å². The first-order valence-corrected chi connectivity index (χ1v) is 5.96. The molecule has 1 rings (SSSR count). The number of halogens is 1. The number of carbonyl (C=O) groups excluding carboxylic acids is 1. The van der Waals surface area contributed by atoms with Crippen molar-refractivity contribution in [3.05, 3.63) is 29.6 Å². The molecule has 19 heavy (non-hydrogen) atoms. The van der Waals surface area contributed by atoms with Crippen molar-refractivity contribution >= 4 is 5.78 Å². The van der Waals surface area contributed by atoms with E-state index in [2.05, 4.69) is 0 Å². The fourth-order valence-electron chi connectivity index (χ4n) is 1.78. The third kappa shape index (κ3) is 5.06. The minimum Gasteiger partial charge on any atom is -0.496 e. The zero-order valence-electron chi connectivity index (χ0n) is 11.1. The largest absolute Gasteiger partial charge is 0.496 e. The Hall–Kier alpha value is -1.93. The molecule has 0 fully saturated rings. The van der Waals surface area contributed by atoms with Crippen LogP contribution in [0, 0.1) is 17.1 Å². The highest BCUT2D eigenvalue weighted by molar-refractivity contribution is 5.82. The molecule has 0 heterocycles. The number of hydrogen-bond acceptors (Lipinski definition) is 4. The summed E-state index contributed by atoms with van der Waals surface area (Å²) in [5.41, 5.74) is 0.766. The first-order valence-electron chi connectivity index (χ1n) is 5.96. The van der Waals surface area contributed by atoms with E-state index in [0.717, 1.165) is 5.56 Å². The van der Waals surface area contributed by atoms with E-state index in [1.807, 2.05) is 11.0 Å². The SMILES string of the molecule is COc1ccc(F)cc1CCN(C)CC(=O)CC#N. The molecular formula is C14H17FN2O2. The molecule has 0 amide bonds. The molecular weight excluding hydrogens is 247 g/mol. The number of ether oxygens (including phenoxy) is 1. The lowest BCUT2D eigenvalue weighted by Crippen LogP contribution is -2.27. The second-order valence-electron chi connectivity index (χ2n) is 4.32. The van der Waals surface area contributed by atoms with Crippen molar-refractivity contribution in [1.82, 2.24) is 4.90 Å². The van der Waals surface area contributed by atoms with Crippen LogP contribution >= 0.6 is 0 Å². The highest BCUT2D eigenvalue weighted by Gasteiger charge is 2.09. The summed E-state index contributed by atoms with van der Waals surface area (Å²) in [6.07, 6.45) is 0.505. The molecule has 0 atom stereocenters. The summed E-state index contributed by atoms with van der Waals surface area (Å²) in [7, 11) is 3.33. The smallest absolute Gasteiger partial charge is 0.160 e. The van der Waals surface area contributed by atoms with E-state index < -0.39 is 0 Å². The molecule has 0 bridgehead atoms. The van der Waals surface area contributed by atoms with Crippen molar-refractivity contribution in [2.75, 3.05) is 27.2 Å².